The molecule has 2 heteroatoms. The predicted molar refractivity (Wildman–Crippen MR) is 62.6 cm³/mol. The Morgan fingerprint density at radius 1 is 1.19 bits per heavy atom. The lowest BCUT2D eigenvalue weighted by Crippen LogP contribution is -2.01. The molecule has 0 radical (unpaired) electrons. The minimum atomic E-state index is -0.180. The third kappa shape index (κ3) is 3.23. The van der Waals surface area contributed by atoms with Crippen LogP contribution < -0.4 is 0 Å². The summed E-state index contributed by atoms with van der Waals surface area (Å²) in [5.41, 5.74) is 1.25. The number of hydrogen-bond donors (Lipinski definition) is 0. The van der Waals surface area contributed by atoms with Crippen molar-refractivity contribution < 1.29 is 9.13 Å². The molecule has 0 saturated heterocycles. The van der Waals surface area contributed by atoms with Crippen LogP contribution in [-0.4, -0.2) is 6.61 Å². The summed E-state index contributed by atoms with van der Waals surface area (Å²) >= 11 is 0. The fraction of sp³-hybridized carbons (Fsp3) is 0.286. The average molecular weight is 218 g/mol. The van der Waals surface area contributed by atoms with Crippen LogP contribution >= 0.6 is 0 Å². The van der Waals surface area contributed by atoms with E-state index in [0.29, 0.717) is 6.61 Å². The second-order valence-corrected chi connectivity index (χ2v) is 3.82. The SMILES string of the molecule is FC1=CCCC(OCCc2ccccc2)=C1. The summed E-state index contributed by atoms with van der Waals surface area (Å²) in [5, 5.41) is 0. The first-order valence-electron chi connectivity index (χ1n) is 5.57. The molecule has 0 atom stereocenters. The fourth-order valence-electron chi connectivity index (χ4n) is 1.70. The first kappa shape index (κ1) is 10.9. The Morgan fingerprint density at radius 3 is 2.75 bits per heavy atom. The van der Waals surface area contributed by atoms with Crippen molar-refractivity contribution in [2.75, 3.05) is 6.61 Å². The number of allylic oxidation sites excluding steroid dienone is 4. The largest absolute Gasteiger partial charge is 0.497 e. The molecule has 1 aliphatic rings. The number of hydrogen-bond acceptors (Lipinski definition) is 1. The van der Waals surface area contributed by atoms with Gasteiger partial charge in [-0.3, -0.25) is 0 Å². The Hall–Kier alpha value is -1.57. The van der Waals surface area contributed by atoms with Crippen molar-refractivity contribution in [3.05, 3.63) is 59.6 Å². The zero-order valence-corrected chi connectivity index (χ0v) is 9.16. The molecule has 0 saturated carbocycles. The zero-order chi connectivity index (χ0) is 11.2. The predicted octanol–water partition coefficient (Wildman–Crippen LogP) is 3.78. The normalized spacial score (nSPS) is 15.3. The van der Waals surface area contributed by atoms with E-state index < -0.39 is 0 Å². The third-order valence-corrected chi connectivity index (χ3v) is 2.55. The van der Waals surface area contributed by atoms with Crippen molar-refractivity contribution >= 4 is 0 Å². The minimum absolute atomic E-state index is 0.180. The van der Waals surface area contributed by atoms with Gasteiger partial charge in [0.05, 0.1) is 12.4 Å². The molecular formula is C14H15FO. The lowest BCUT2D eigenvalue weighted by atomic mass is 10.1. The lowest BCUT2D eigenvalue weighted by molar-refractivity contribution is 0.203. The Kier molecular flexibility index (Phi) is 3.76. The van der Waals surface area contributed by atoms with Gasteiger partial charge in [-0.15, -0.1) is 0 Å². The zero-order valence-electron chi connectivity index (χ0n) is 9.16. The van der Waals surface area contributed by atoms with Crippen LogP contribution in [0.3, 0.4) is 0 Å². The summed E-state index contributed by atoms with van der Waals surface area (Å²) in [6.07, 6.45) is 5.48. The number of benzene rings is 1. The van der Waals surface area contributed by atoms with Crippen molar-refractivity contribution in [2.45, 2.75) is 19.3 Å². The van der Waals surface area contributed by atoms with Crippen LogP contribution in [0.5, 0.6) is 0 Å². The Morgan fingerprint density at radius 2 is 2.00 bits per heavy atom. The Balaban J connectivity index is 1.79. The second kappa shape index (κ2) is 5.50. The monoisotopic (exact) mass is 218 g/mol. The van der Waals surface area contributed by atoms with Gasteiger partial charge in [0, 0.05) is 18.9 Å². The Labute approximate surface area is 95.2 Å². The van der Waals surface area contributed by atoms with Gasteiger partial charge in [0.2, 0.25) is 0 Å². The summed E-state index contributed by atoms with van der Waals surface area (Å²) in [5.74, 6) is 0.580. The van der Waals surface area contributed by atoms with Crippen LogP contribution in [0.4, 0.5) is 4.39 Å². The van der Waals surface area contributed by atoms with Crippen LogP contribution in [0.25, 0.3) is 0 Å². The number of ether oxygens (including phenoxy) is 1. The smallest absolute Gasteiger partial charge is 0.122 e. The second-order valence-electron chi connectivity index (χ2n) is 3.82. The molecule has 2 rings (SSSR count). The minimum Gasteiger partial charge on any atom is -0.497 e. The highest BCUT2D eigenvalue weighted by atomic mass is 19.1. The first-order valence-corrected chi connectivity index (χ1v) is 5.57. The van der Waals surface area contributed by atoms with E-state index in [1.54, 1.807) is 6.08 Å². The van der Waals surface area contributed by atoms with Crippen molar-refractivity contribution in [2.24, 2.45) is 0 Å². The van der Waals surface area contributed by atoms with Gasteiger partial charge in [0.1, 0.15) is 5.83 Å². The quantitative estimate of drug-likeness (QED) is 0.747. The molecular weight excluding hydrogens is 203 g/mol. The topological polar surface area (TPSA) is 9.23 Å². The highest BCUT2D eigenvalue weighted by Gasteiger charge is 2.05. The van der Waals surface area contributed by atoms with Crippen molar-refractivity contribution in [1.29, 1.82) is 0 Å². The van der Waals surface area contributed by atoms with Gasteiger partial charge in [-0.25, -0.2) is 4.39 Å². The maximum atomic E-state index is 12.9. The number of rotatable bonds is 4. The van der Waals surface area contributed by atoms with Crippen molar-refractivity contribution in [3.63, 3.8) is 0 Å². The van der Waals surface area contributed by atoms with Crippen LogP contribution in [0, 0.1) is 0 Å². The van der Waals surface area contributed by atoms with E-state index in [-0.39, 0.29) is 5.83 Å². The van der Waals surface area contributed by atoms with Crippen LogP contribution in [0.2, 0.25) is 0 Å². The highest BCUT2D eigenvalue weighted by molar-refractivity contribution is 5.19. The van der Waals surface area contributed by atoms with E-state index in [2.05, 4.69) is 12.1 Å². The van der Waals surface area contributed by atoms with Crippen LogP contribution in [-0.2, 0) is 11.2 Å². The molecule has 0 fully saturated rings. The van der Waals surface area contributed by atoms with Gasteiger partial charge in [0.25, 0.3) is 0 Å². The molecule has 0 unspecified atom stereocenters. The third-order valence-electron chi connectivity index (χ3n) is 2.55. The van der Waals surface area contributed by atoms with E-state index in [9.17, 15) is 4.39 Å². The highest BCUT2D eigenvalue weighted by Crippen LogP contribution is 2.19. The van der Waals surface area contributed by atoms with Gasteiger partial charge in [-0.1, -0.05) is 30.3 Å². The molecule has 84 valence electrons. The molecule has 0 aliphatic heterocycles. The molecule has 0 bridgehead atoms. The van der Waals surface area contributed by atoms with Gasteiger partial charge in [0.15, 0.2) is 0 Å². The molecule has 1 aromatic carbocycles. The molecule has 1 aliphatic carbocycles. The van der Waals surface area contributed by atoms with Gasteiger partial charge in [-0.05, 0) is 18.1 Å². The molecule has 0 spiro atoms. The molecule has 1 nitrogen and oxygen atoms in total. The Bertz CT molecular complexity index is 392. The van der Waals surface area contributed by atoms with E-state index >= 15 is 0 Å². The molecule has 16 heavy (non-hydrogen) atoms. The summed E-state index contributed by atoms with van der Waals surface area (Å²) in [6, 6.07) is 10.2. The van der Waals surface area contributed by atoms with E-state index in [4.69, 9.17) is 4.74 Å². The summed E-state index contributed by atoms with van der Waals surface area (Å²) in [4.78, 5) is 0. The van der Waals surface area contributed by atoms with Crippen LogP contribution in [0.15, 0.2) is 54.1 Å². The number of halogens is 1. The average Bonchev–Trinajstić information content (AvgIpc) is 2.30. The lowest BCUT2D eigenvalue weighted by Gasteiger charge is -2.12. The molecule has 0 aromatic heterocycles. The summed E-state index contributed by atoms with van der Waals surface area (Å²) in [7, 11) is 0. The molecule has 0 amide bonds. The molecule has 0 heterocycles. The van der Waals surface area contributed by atoms with Crippen molar-refractivity contribution in [1.82, 2.24) is 0 Å². The van der Waals surface area contributed by atoms with E-state index in [1.807, 2.05) is 18.2 Å². The fourth-order valence-corrected chi connectivity index (χ4v) is 1.70. The van der Waals surface area contributed by atoms with E-state index in [1.165, 1.54) is 11.6 Å². The summed E-state index contributed by atoms with van der Waals surface area (Å²) in [6.45, 7) is 0.614. The van der Waals surface area contributed by atoms with Gasteiger partial charge >= 0.3 is 0 Å². The maximum absolute atomic E-state index is 12.9. The first-order chi connectivity index (χ1) is 7.84. The van der Waals surface area contributed by atoms with Crippen LogP contribution in [0.1, 0.15) is 18.4 Å². The standard InChI is InChI=1S/C14H15FO/c15-13-7-4-8-14(11-13)16-10-9-12-5-2-1-3-6-12/h1-3,5-7,11H,4,8-10H2. The van der Waals surface area contributed by atoms with Crippen molar-refractivity contribution in [3.8, 4) is 0 Å². The summed E-state index contributed by atoms with van der Waals surface area (Å²) < 4.78 is 18.4. The molecule has 0 N–H and O–H groups in total. The van der Waals surface area contributed by atoms with Gasteiger partial charge < -0.3 is 4.74 Å². The van der Waals surface area contributed by atoms with E-state index in [0.717, 1.165) is 25.0 Å². The van der Waals surface area contributed by atoms with Gasteiger partial charge in [-0.2, -0.15) is 0 Å². The molecule has 1 aromatic rings. The maximum Gasteiger partial charge on any atom is 0.122 e.